The number of carbonyl (C=O) groups is 2. The molecule has 0 saturated heterocycles. The molecule has 2 rings (SSSR count). The number of hydrogen-bond acceptors (Lipinski definition) is 7. The van der Waals surface area contributed by atoms with Crippen molar-refractivity contribution >= 4 is 27.5 Å². The summed E-state index contributed by atoms with van der Waals surface area (Å²) >= 11 is 0. The fourth-order valence-corrected chi connectivity index (χ4v) is 3.27. The van der Waals surface area contributed by atoms with Gasteiger partial charge in [0.1, 0.15) is 0 Å². The van der Waals surface area contributed by atoms with Crippen molar-refractivity contribution in [1.29, 1.82) is 0 Å². The highest BCUT2D eigenvalue weighted by Gasteiger charge is 2.19. The highest BCUT2D eigenvalue weighted by atomic mass is 32.2. The highest BCUT2D eigenvalue weighted by Crippen LogP contribution is 2.26. The molecule has 168 valence electrons. The summed E-state index contributed by atoms with van der Waals surface area (Å²) in [6.07, 6.45) is 0.606. The summed E-state index contributed by atoms with van der Waals surface area (Å²) in [7, 11) is -3.40. The van der Waals surface area contributed by atoms with Gasteiger partial charge in [-0.2, -0.15) is 0 Å². The number of Topliss-reactive ketones (excluding diaryl/α,β-unsaturated/α-hetero) is 1. The van der Waals surface area contributed by atoms with E-state index in [0.717, 1.165) is 6.26 Å². The second-order valence-electron chi connectivity index (χ2n) is 6.78. The molecule has 0 spiro atoms. The lowest BCUT2D eigenvalue weighted by molar-refractivity contribution is -0.146. The first-order chi connectivity index (χ1) is 14.7. The number of anilines is 1. The Labute approximate surface area is 182 Å². The number of ether oxygens (including phenoxy) is 3. The topological polar surface area (TPSA) is 108 Å². The Balaban J connectivity index is 1.78. The molecule has 1 unspecified atom stereocenters. The Morgan fingerprint density at radius 1 is 1.00 bits per heavy atom. The average Bonchev–Trinajstić information content (AvgIpc) is 2.71. The molecule has 2 aromatic carbocycles. The maximum atomic E-state index is 12.4. The maximum Gasteiger partial charge on any atom is 0.306 e. The van der Waals surface area contributed by atoms with Gasteiger partial charge in [-0.25, -0.2) is 8.42 Å². The predicted octanol–water partition coefficient (Wildman–Crippen LogP) is 3.43. The second-order valence-corrected chi connectivity index (χ2v) is 8.53. The third-order valence-corrected chi connectivity index (χ3v) is 4.69. The van der Waals surface area contributed by atoms with Crippen molar-refractivity contribution in [3.05, 3.63) is 54.1 Å². The number of nitrogens with one attached hydrogen (secondary N) is 1. The summed E-state index contributed by atoms with van der Waals surface area (Å²) in [5, 5.41) is 0. The van der Waals surface area contributed by atoms with Gasteiger partial charge in [0.05, 0.1) is 19.5 Å². The maximum absolute atomic E-state index is 12.4. The SMILES string of the molecule is CCOc1ccccc1OCCCC(=O)OC(C)C(=O)c1ccc(NS(C)(=O)=O)cc1. The Morgan fingerprint density at radius 3 is 2.19 bits per heavy atom. The first-order valence-corrected chi connectivity index (χ1v) is 11.7. The molecular weight excluding hydrogens is 422 g/mol. The number of para-hydroxylation sites is 2. The number of benzene rings is 2. The van der Waals surface area contributed by atoms with Crippen molar-refractivity contribution in [2.75, 3.05) is 24.2 Å². The monoisotopic (exact) mass is 449 g/mol. The number of hydrogen-bond donors (Lipinski definition) is 1. The minimum Gasteiger partial charge on any atom is -0.490 e. The first-order valence-electron chi connectivity index (χ1n) is 9.85. The van der Waals surface area contributed by atoms with E-state index in [1.807, 2.05) is 25.1 Å². The van der Waals surface area contributed by atoms with Crippen LogP contribution in [-0.2, 0) is 19.6 Å². The van der Waals surface area contributed by atoms with Crippen molar-refractivity contribution in [3.63, 3.8) is 0 Å². The molecule has 0 bridgehead atoms. The van der Waals surface area contributed by atoms with Crippen molar-refractivity contribution in [2.24, 2.45) is 0 Å². The number of ketones is 1. The van der Waals surface area contributed by atoms with Gasteiger partial charge in [0.15, 0.2) is 17.6 Å². The van der Waals surface area contributed by atoms with Crippen LogP contribution in [0.2, 0.25) is 0 Å². The summed E-state index contributed by atoms with van der Waals surface area (Å²) in [5.74, 6) is 0.374. The number of esters is 1. The van der Waals surface area contributed by atoms with Crippen LogP contribution >= 0.6 is 0 Å². The van der Waals surface area contributed by atoms with E-state index < -0.39 is 22.1 Å². The fraction of sp³-hybridized carbons (Fsp3) is 0.364. The largest absolute Gasteiger partial charge is 0.490 e. The lowest BCUT2D eigenvalue weighted by Crippen LogP contribution is -2.24. The Morgan fingerprint density at radius 2 is 1.61 bits per heavy atom. The molecule has 9 heteroatoms. The fourth-order valence-electron chi connectivity index (χ4n) is 2.70. The molecule has 0 fully saturated rings. The van der Waals surface area contributed by atoms with E-state index in [1.54, 1.807) is 6.07 Å². The Kier molecular flexibility index (Phi) is 8.87. The molecule has 0 heterocycles. The van der Waals surface area contributed by atoms with Crippen LogP contribution in [0.15, 0.2) is 48.5 Å². The van der Waals surface area contributed by atoms with Crippen molar-refractivity contribution in [1.82, 2.24) is 0 Å². The molecule has 1 N–H and O–H groups in total. The van der Waals surface area contributed by atoms with Gasteiger partial charge in [0.2, 0.25) is 15.8 Å². The zero-order chi connectivity index (χ0) is 22.9. The van der Waals surface area contributed by atoms with Crippen LogP contribution in [0.25, 0.3) is 0 Å². The molecule has 8 nitrogen and oxygen atoms in total. The normalized spacial score (nSPS) is 12.0. The lowest BCUT2D eigenvalue weighted by Gasteiger charge is -2.14. The zero-order valence-electron chi connectivity index (χ0n) is 17.8. The van der Waals surface area contributed by atoms with E-state index in [9.17, 15) is 18.0 Å². The molecule has 0 saturated carbocycles. The van der Waals surface area contributed by atoms with Crippen LogP contribution in [0, 0.1) is 0 Å². The van der Waals surface area contributed by atoms with Gasteiger partial charge in [0, 0.05) is 17.7 Å². The third-order valence-electron chi connectivity index (χ3n) is 4.08. The van der Waals surface area contributed by atoms with Gasteiger partial charge >= 0.3 is 5.97 Å². The molecule has 0 aliphatic carbocycles. The standard InChI is InChI=1S/C22H27NO7S/c1-4-28-19-8-5-6-9-20(19)29-15-7-10-21(24)30-16(2)22(25)17-11-13-18(14-12-17)23-31(3,26)27/h5-6,8-9,11-14,16,23H,4,7,10,15H2,1-3H3. The number of rotatable bonds is 12. The van der Waals surface area contributed by atoms with Gasteiger partial charge < -0.3 is 14.2 Å². The van der Waals surface area contributed by atoms with E-state index in [0.29, 0.717) is 42.4 Å². The summed E-state index contributed by atoms with van der Waals surface area (Å²) < 4.78 is 41.1. The van der Waals surface area contributed by atoms with Crippen LogP contribution in [0.4, 0.5) is 5.69 Å². The molecule has 0 aliphatic heterocycles. The summed E-state index contributed by atoms with van der Waals surface area (Å²) in [5.41, 5.74) is 0.657. The van der Waals surface area contributed by atoms with Crippen LogP contribution < -0.4 is 14.2 Å². The molecule has 0 aliphatic rings. The van der Waals surface area contributed by atoms with E-state index in [1.165, 1.54) is 31.2 Å². The summed E-state index contributed by atoms with van der Waals surface area (Å²) in [6.45, 7) is 4.21. The van der Waals surface area contributed by atoms with Crippen molar-refractivity contribution in [2.45, 2.75) is 32.8 Å². The Hall–Kier alpha value is -3.07. The van der Waals surface area contributed by atoms with Crippen LogP contribution in [0.1, 0.15) is 37.0 Å². The molecule has 0 radical (unpaired) electrons. The molecule has 0 aromatic heterocycles. The first kappa shape index (κ1) is 24.2. The van der Waals surface area contributed by atoms with Crippen molar-refractivity contribution in [3.8, 4) is 11.5 Å². The second kappa shape index (κ2) is 11.4. The number of carbonyl (C=O) groups excluding carboxylic acids is 2. The minimum absolute atomic E-state index is 0.103. The molecule has 31 heavy (non-hydrogen) atoms. The molecule has 1 atom stereocenters. The van der Waals surface area contributed by atoms with Gasteiger partial charge in [-0.05, 0) is 56.7 Å². The predicted molar refractivity (Wildman–Crippen MR) is 117 cm³/mol. The zero-order valence-corrected chi connectivity index (χ0v) is 18.6. The Bertz CT molecular complexity index is 987. The summed E-state index contributed by atoms with van der Waals surface area (Å²) in [4.78, 5) is 24.5. The smallest absolute Gasteiger partial charge is 0.306 e. The average molecular weight is 450 g/mol. The lowest BCUT2D eigenvalue weighted by atomic mass is 10.1. The van der Waals surface area contributed by atoms with E-state index >= 15 is 0 Å². The molecular formula is C22H27NO7S. The van der Waals surface area contributed by atoms with Crippen LogP contribution in [0.3, 0.4) is 0 Å². The third kappa shape index (κ3) is 8.29. The van der Waals surface area contributed by atoms with Gasteiger partial charge in [-0.1, -0.05) is 12.1 Å². The van der Waals surface area contributed by atoms with Gasteiger partial charge in [-0.15, -0.1) is 0 Å². The van der Waals surface area contributed by atoms with E-state index in [2.05, 4.69) is 4.72 Å². The number of sulfonamides is 1. The van der Waals surface area contributed by atoms with Crippen LogP contribution in [0.5, 0.6) is 11.5 Å². The van der Waals surface area contributed by atoms with E-state index in [4.69, 9.17) is 14.2 Å². The van der Waals surface area contributed by atoms with Gasteiger partial charge in [-0.3, -0.25) is 14.3 Å². The molecule has 0 amide bonds. The quantitative estimate of drug-likeness (QED) is 0.300. The summed E-state index contributed by atoms with van der Waals surface area (Å²) in [6, 6.07) is 13.2. The minimum atomic E-state index is -3.40. The van der Waals surface area contributed by atoms with Crippen LogP contribution in [-0.4, -0.2) is 45.7 Å². The van der Waals surface area contributed by atoms with Gasteiger partial charge in [0.25, 0.3) is 0 Å². The molecule has 2 aromatic rings. The van der Waals surface area contributed by atoms with Crippen molar-refractivity contribution < 1.29 is 32.2 Å². The van der Waals surface area contributed by atoms with E-state index in [-0.39, 0.29) is 12.2 Å². The highest BCUT2D eigenvalue weighted by molar-refractivity contribution is 7.92.